The van der Waals surface area contributed by atoms with Crippen LogP contribution in [0, 0.1) is 17.2 Å². The number of likely N-dealkylation sites (tertiary alicyclic amines) is 1. The Morgan fingerprint density at radius 2 is 1.88 bits per heavy atom. The number of carbonyl (C=O) groups is 3. The van der Waals surface area contributed by atoms with Crippen molar-refractivity contribution in [2.75, 3.05) is 20.1 Å². The molecule has 1 heterocycles. The molecule has 0 aromatic heterocycles. The SMILES string of the molecule is CNCC1CCCN1C(=O)C1CCC(C(=N)C2=CCC(C(=O)O)CC2)=C(NC(=O)c2c(Cl)cccc2C2CC2)C1. The summed E-state index contributed by atoms with van der Waals surface area (Å²) in [6.45, 7) is 1.51. The third kappa shape index (κ3) is 6.03. The number of nitrogens with one attached hydrogen (secondary N) is 3. The van der Waals surface area contributed by atoms with Gasteiger partial charge in [0.2, 0.25) is 5.91 Å². The van der Waals surface area contributed by atoms with E-state index in [0.29, 0.717) is 66.4 Å². The zero-order chi connectivity index (χ0) is 28.4. The second-order valence-corrected chi connectivity index (χ2v) is 12.0. The summed E-state index contributed by atoms with van der Waals surface area (Å²) in [4.78, 5) is 40.8. The van der Waals surface area contributed by atoms with E-state index in [-0.39, 0.29) is 23.8 Å². The highest BCUT2D eigenvalue weighted by atomic mass is 35.5. The maximum Gasteiger partial charge on any atom is 0.306 e. The second kappa shape index (κ2) is 12.3. The number of likely N-dealkylation sites (N-methyl/N-ethyl adjacent to an activating group) is 1. The van der Waals surface area contributed by atoms with Gasteiger partial charge in [-0.15, -0.1) is 0 Å². The third-order valence-electron chi connectivity index (χ3n) is 8.94. The standard InChI is InChI=1S/C31H39ClN4O4/c1-34-17-22-4-3-15-36(22)30(38)21-13-14-24(28(33)19-9-11-20(12-10-19)31(39)40)26(16-21)35-29(37)27-23(18-7-8-18)5-2-6-25(27)32/h2,5-6,9,18,20-22,33-34H,3-4,7-8,10-17H2,1H3,(H,35,37)(H,39,40). The van der Waals surface area contributed by atoms with Crippen molar-refractivity contribution in [1.29, 1.82) is 5.41 Å². The molecule has 1 aromatic rings. The molecule has 2 amide bonds. The lowest BCUT2D eigenvalue weighted by Gasteiger charge is -2.33. The van der Waals surface area contributed by atoms with E-state index in [1.165, 1.54) is 0 Å². The lowest BCUT2D eigenvalue weighted by molar-refractivity contribution is -0.142. The number of benzene rings is 1. The van der Waals surface area contributed by atoms with Crippen molar-refractivity contribution in [2.24, 2.45) is 11.8 Å². The van der Waals surface area contributed by atoms with Gasteiger partial charge in [-0.2, -0.15) is 0 Å². The Morgan fingerprint density at radius 3 is 2.55 bits per heavy atom. The Hall–Kier alpha value is -2.97. The average molecular weight is 567 g/mol. The van der Waals surface area contributed by atoms with Gasteiger partial charge in [-0.1, -0.05) is 29.8 Å². The molecule has 5 rings (SSSR count). The van der Waals surface area contributed by atoms with Crippen LogP contribution in [0.2, 0.25) is 5.02 Å². The van der Waals surface area contributed by atoms with Crippen molar-refractivity contribution in [3.8, 4) is 0 Å². The predicted molar refractivity (Wildman–Crippen MR) is 155 cm³/mol. The van der Waals surface area contributed by atoms with Crippen LogP contribution >= 0.6 is 11.6 Å². The summed E-state index contributed by atoms with van der Waals surface area (Å²) in [5.74, 6) is -1.34. The number of hydrogen-bond acceptors (Lipinski definition) is 5. The fourth-order valence-electron chi connectivity index (χ4n) is 6.56. The Balaban J connectivity index is 1.43. The summed E-state index contributed by atoms with van der Waals surface area (Å²) in [5, 5.41) is 25.2. The van der Waals surface area contributed by atoms with Crippen molar-refractivity contribution < 1.29 is 19.5 Å². The molecule has 214 valence electrons. The van der Waals surface area contributed by atoms with E-state index in [1.807, 2.05) is 30.2 Å². The molecule has 0 bridgehead atoms. The van der Waals surface area contributed by atoms with Crippen LogP contribution in [-0.2, 0) is 9.59 Å². The molecule has 3 atom stereocenters. The fraction of sp³-hybridized carbons (Fsp3) is 0.548. The van der Waals surface area contributed by atoms with Gasteiger partial charge in [0.1, 0.15) is 0 Å². The first-order valence-electron chi connectivity index (χ1n) is 14.6. The summed E-state index contributed by atoms with van der Waals surface area (Å²) >= 11 is 6.54. The van der Waals surface area contributed by atoms with E-state index < -0.39 is 11.9 Å². The predicted octanol–water partition coefficient (Wildman–Crippen LogP) is 5.04. The molecule has 1 saturated carbocycles. The van der Waals surface area contributed by atoms with E-state index in [4.69, 9.17) is 17.0 Å². The summed E-state index contributed by atoms with van der Waals surface area (Å²) < 4.78 is 0. The number of carboxylic acids is 1. The molecule has 0 spiro atoms. The number of halogens is 1. The highest BCUT2D eigenvalue weighted by Gasteiger charge is 2.37. The van der Waals surface area contributed by atoms with Crippen LogP contribution in [0.15, 0.2) is 41.1 Å². The Morgan fingerprint density at radius 1 is 1.10 bits per heavy atom. The minimum absolute atomic E-state index is 0.118. The second-order valence-electron chi connectivity index (χ2n) is 11.6. The van der Waals surface area contributed by atoms with E-state index in [0.717, 1.165) is 55.5 Å². The van der Waals surface area contributed by atoms with E-state index >= 15 is 0 Å². The van der Waals surface area contributed by atoms with Gasteiger partial charge in [0.05, 0.1) is 22.2 Å². The van der Waals surface area contributed by atoms with Gasteiger partial charge in [0.15, 0.2) is 0 Å². The normalized spacial score (nSPS) is 25.0. The summed E-state index contributed by atoms with van der Waals surface area (Å²) in [5.41, 5.74) is 3.95. The maximum atomic E-state index is 13.7. The number of carbonyl (C=O) groups excluding carboxylic acids is 2. The number of allylic oxidation sites excluding steroid dienone is 4. The molecular weight excluding hydrogens is 528 g/mol. The molecule has 8 nitrogen and oxygen atoms in total. The Bertz CT molecular complexity index is 1270. The molecule has 40 heavy (non-hydrogen) atoms. The van der Waals surface area contributed by atoms with Gasteiger partial charge in [0.25, 0.3) is 5.91 Å². The van der Waals surface area contributed by atoms with E-state index in [9.17, 15) is 19.5 Å². The summed E-state index contributed by atoms with van der Waals surface area (Å²) in [6.07, 6.45) is 8.78. The minimum atomic E-state index is -0.808. The van der Waals surface area contributed by atoms with Crippen LogP contribution in [0.1, 0.15) is 86.0 Å². The lowest BCUT2D eigenvalue weighted by Crippen LogP contribution is -2.45. The monoisotopic (exact) mass is 566 g/mol. The van der Waals surface area contributed by atoms with Crippen LogP contribution in [0.4, 0.5) is 0 Å². The number of nitrogens with zero attached hydrogens (tertiary/aromatic N) is 1. The quantitative estimate of drug-likeness (QED) is 0.312. The van der Waals surface area contributed by atoms with Crippen molar-refractivity contribution in [3.05, 3.63) is 57.3 Å². The first kappa shape index (κ1) is 28.6. The summed E-state index contributed by atoms with van der Waals surface area (Å²) in [7, 11) is 1.90. The van der Waals surface area contributed by atoms with Crippen molar-refractivity contribution >= 4 is 35.1 Å². The third-order valence-corrected chi connectivity index (χ3v) is 9.26. The molecule has 1 aromatic carbocycles. The van der Waals surface area contributed by atoms with Gasteiger partial charge < -0.3 is 26.0 Å². The van der Waals surface area contributed by atoms with E-state index in [1.54, 1.807) is 6.07 Å². The molecule has 4 aliphatic rings. The van der Waals surface area contributed by atoms with Crippen LogP contribution in [0.3, 0.4) is 0 Å². The molecule has 2 fully saturated rings. The zero-order valence-corrected chi connectivity index (χ0v) is 23.9. The first-order valence-corrected chi connectivity index (χ1v) is 14.9. The molecule has 3 unspecified atom stereocenters. The Kier molecular flexibility index (Phi) is 8.76. The highest BCUT2D eigenvalue weighted by Crippen LogP contribution is 2.43. The highest BCUT2D eigenvalue weighted by molar-refractivity contribution is 6.34. The molecule has 3 aliphatic carbocycles. The van der Waals surface area contributed by atoms with Crippen molar-refractivity contribution in [3.63, 3.8) is 0 Å². The Labute approximate surface area is 240 Å². The van der Waals surface area contributed by atoms with Crippen LogP contribution < -0.4 is 10.6 Å². The van der Waals surface area contributed by atoms with Gasteiger partial charge in [-0.3, -0.25) is 14.4 Å². The number of rotatable bonds is 9. The smallest absolute Gasteiger partial charge is 0.306 e. The van der Waals surface area contributed by atoms with Gasteiger partial charge >= 0.3 is 5.97 Å². The van der Waals surface area contributed by atoms with Gasteiger partial charge in [0, 0.05) is 30.7 Å². The number of amides is 2. The number of hydrogen-bond donors (Lipinski definition) is 4. The minimum Gasteiger partial charge on any atom is -0.481 e. The fourth-order valence-corrected chi connectivity index (χ4v) is 6.82. The average Bonchev–Trinajstić information content (AvgIpc) is 3.70. The molecule has 1 aliphatic heterocycles. The molecule has 4 N–H and O–H groups in total. The van der Waals surface area contributed by atoms with Gasteiger partial charge in [-0.05, 0) is 99.9 Å². The molecule has 0 radical (unpaired) electrons. The van der Waals surface area contributed by atoms with E-state index in [2.05, 4.69) is 10.6 Å². The van der Waals surface area contributed by atoms with Crippen molar-refractivity contribution in [2.45, 2.75) is 76.2 Å². The largest absolute Gasteiger partial charge is 0.481 e. The van der Waals surface area contributed by atoms with Crippen LogP contribution in [0.25, 0.3) is 0 Å². The topological polar surface area (TPSA) is 123 Å². The van der Waals surface area contributed by atoms with Gasteiger partial charge in [-0.25, -0.2) is 0 Å². The molecule has 9 heteroatoms. The number of aliphatic carboxylic acids is 1. The summed E-state index contributed by atoms with van der Waals surface area (Å²) in [6, 6.07) is 5.75. The molecule has 1 saturated heterocycles. The maximum absolute atomic E-state index is 13.7. The molecular formula is C31H39ClN4O4. The van der Waals surface area contributed by atoms with Crippen LogP contribution in [-0.4, -0.2) is 59.7 Å². The number of carboxylic acid groups (broad SMARTS) is 1. The van der Waals surface area contributed by atoms with Crippen molar-refractivity contribution in [1.82, 2.24) is 15.5 Å². The lowest BCUT2D eigenvalue weighted by atomic mass is 9.79. The first-order chi connectivity index (χ1) is 19.3. The zero-order valence-electron chi connectivity index (χ0n) is 23.1. The van der Waals surface area contributed by atoms with Crippen LogP contribution in [0.5, 0.6) is 0 Å².